The highest BCUT2D eigenvalue weighted by Crippen LogP contribution is 2.36. The summed E-state index contributed by atoms with van der Waals surface area (Å²) < 4.78 is 16.2. The molecule has 3 aromatic carbocycles. The Kier molecular flexibility index (Phi) is 8.00. The van der Waals surface area contributed by atoms with E-state index >= 15 is 0 Å². The molecule has 1 fully saturated rings. The van der Waals surface area contributed by atoms with Gasteiger partial charge >= 0.3 is 5.97 Å². The van der Waals surface area contributed by atoms with Gasteiger partial charge in [-0.15, -0.1) is 0 Å². The molecule has 0 radical (unpaired) electrons. The number of H-pyrrole nitrogens is 1. The van der Waals surface area contributed by atoms with E-state index in [0.29, 0.717) is 36.0 Å². The van der Waals surface area contributed by atoms with Crippen molar-refractivity contribution in [3.05, 3.63) is 82.5 Å². The topological polar surface area (TPSA) is 92.9 Å². The largest absolute Gasteiger partial charge is 0.496 e. The van der Waals surface area contributed by atoms with E-state index in [0.717, 1.165) is 38.9 Å². The molecule has 1 aromatic heterocycles. The molecule has 9 heteroatoms. The molecule has 208 valence electrons. The fourth-order valence-electron chi connectivity index (χ4n) is 5.64. The molecule has 8 nitrogen and oxygen atoms in total. The standard InChI is InChI=1S/C31H32ClN3O5/c1-18-26(38-2)13-10-20(29(18)39-3)16-35-17-22(15-25(35)31(37)40-4)33-30(36)28-27(19-8-6-5-7-9-19)23-14-21(32)11-12-24(23)34-28/h5-14,22,25,34H,15-17H2,1-4H3,(H,33,36)/t22-,25-/m0/s1. The van der Waals surface area contributed by atoms with Gasteiger partial charge in [-0.3, -0.25) is 14.5 Å². The summed E-state index contributed by atoms with van der Waals surface area (Å²) in [5.74, 6) is 0.843. The number of nitrogens with zero attached hydrogens (tertiary/aromatic N) is 1. The van der Waals surface area contributed by atoms with E-state index in [2.05, 4.69) is 10.3 Å². The van der Waals surface area contributed by atoms with Gasteiger partial charge in [0.25, 0.3) is 5.91 Å². The molecule has 0 aliphatic carbocycles. The predicted molar refractivity (Wildman–Crippen MR) is 155 cm³/mol. The Hall–Kier alpha value is -4.01. The highest BCUT2D eigenvalue weighted by atomic mass is 35.5. The van der Waals surface area contributed by atoms with Gasteiger partial charge in [0.2, 0.25) is 0 Å². The van der Waals surface area contributed by atoms with E-state index in [-0.39, 0.29) is 17.9 Å². The van der Waals surface area contributed by atoms with Crippen molar-refractivity contribution in [2.24, 2.45) is 0 Å². The Labute approximate surface area is 238 Å². The van der Waals surface area contributed by atoms with Crippen molar-refractivity contribution in [2.75, 3.05) is 27.9 Å². The summed E-state index contributed by atoms with van der Waals surface area (Å²) in [5, 5.41) is 4.62. The molecule has 4 aromatic rings. The van der Waals surface area contributed by atoms with Gasteiger partial charge in [0.05, 0.1) is 21.3 Å². The van der Waals surface area contributed by atoms with Crippen LogP contribution in [0.15, 0.2) is 60.7 Å². The van der Waals surface area contributed by atoms with Crippen LogP contribution in [0.4, 0.5) is 0 Å². The minimum atomic E-state index is -0.516. The molecule has 2 atom stereocenters. The Morgan fingerprint density at radius 3 is 2.52 bits per heavy atom. The Morgan fingerprint density at radius 1 is 1.05 bits per heavy atom. The number of rotatable bonds is 8. The maximum atomic E-state index is 13.7. The van der Waals surface area contributed by atoms with Gasteiger partial charge in [0.1, 0.15) is 23.2 Å². The summed E-state index contributed by atoms with van der Waals surface area (Å²) in [6.45, 7) is 2.84. The van der Waals surface area contributed by atoms with E-state index in [1.807, 2.05) is 66.4 Å². The lowest BCUT2D eigenvalue weighted by atomic mass is 10.0. The second-order valence-corrected chi connectivity index (χ2v) is 10.3. The van der Waals surface area contributed by atoms with Crippen molar-refractivity contribution in [1.82, 2.24) is 15.2 Å². The summed E-state index contributed by atoms with van der Waals surface area (Å²) in [7, 11) is 4.62. The third kappa shape index (κ3) is 5.24. The van der Waals surface area contributed by atoms with Crippen molar-refractivity contribution in [3.63, 3.8) is 0 Å². The molecule has 1 aliphatic heterocycles. The fraction of sp³-hybridized carbons (Fsp3) is 0.290. The van der Waals surface area contributed by atoms with Crippen molar-refractivity contribution in [2.45, 2.75) is 32.0 Å². The molecule has 0 saturated carbocycles. The van der Waals surface area contributed by atoms with Crippen LogP contribution in [0.2, 0.25) is 5.02 Å². The molecule has 1 saturated heterocycles. The predicted octanol–water partition coefficient (Wildman–Crippen LogP) is 5.36. The Morgan fingerprint density at radius 2 is 1.82 bits per heavy atom. The maximum absolute atomic E-state index is 13.7. The molecule has 1 amide bonds. The molecule has 0 spiro atoms. The highest BCUT2D eigenvalue weighted by molar-refractivity contribution is 6.31. The fourth-order valence-corrected chi connectivity index (χ4v) is 5.81. The van der Waals surface area contributed by atoms with Gasteiger partial charge in [-0.2, -0.15) is 0 Å². The number of aromatic nitrogens is 1. The van der Waals surface area contributed by atoms with E-state index in [1.54, 1.807) is 20.3 Å². The number of methoxy groups -OCH3 is 3. The zero-order chi connectivity index (χ0) is 28.4. The third-order valence-electron chi connectivity index (χ3n) is 7.50. The molecule has 40 heavy (non-hydrogen) atoms. The summed E-state index contributed by atoms with van der Waals surface area (Å²) in [6.07, 6.45) is 0.419. The number of amides is 1. The van der Waals surface area contributed by atoms with Gasteiger partial charge in [-0.1, -0.05) is 48.0 Å². The van der Waals surface area contributed by atoms with Crippen LogP contribution in [-0.4, -0.2) is 61.7 Å². The molecule has 0 bridgehead atoms. The number of hydrogen-bond donors (Lipinski definition) is 2. The average Bonchev–Trinajstić information content (AvgIpc) is 3.54. The molecule has 0 unspecified atom stereocenters. The summed E-state index contributed by atoms with van der Waals surface area (Å²) in [4.78, 5) is 31.8. The van der Waals surface area contributed by atoms with E-state index in [9.17, 15) is 9.59 Å². The van der Waals surface area contributed by atoms with Crippen LogP contribution < -0.4 is 14.8 Å². The van der Waals surface area contributed by atoms with Gasteiger partial charge in [-0.25, -0.2) is 0 Å². The van der Waals surface area contributed by atoms with Crippen molar-refractivity contribution >= 4 is 34.4 Å². The summed E-state index contributed by atoms with van der Waals surface area (Å²) >= 11 is 6.31. The van der Waals surface area contributed by atoms with Crippen molar-refractivity contribution in [1.29, 1.82) is 0 Å². The third-order valence-corrected chi connectivity index (χ3v) is 7.73. The van der Waals surface area contributed by atoms with E-state index < -0.39 is 6.04 Å². The number of esters is 1. The van der Waals surface area contributed by atoms with Crippen molar-refractivity contribution in [3.8, 4) is 22.6 Å². The number of nitrogens with one attached hydrogen (secondary N) is 2. The number of carbonyl (C=O) groups is 2. The normalized spacial score (nSPS) is 17.1. The second-order valence-electron chi connectivity index (χ2n) is 9.89. The van der Waals surface area contributed by atoms with E-state index in [1.165, 1.54) is 7.11 Å². The number of hydrogen-bond acceptors (Lipinski definition) is 6. The maximum Gasteiger partial charge on any atom is 0.323 e. The van der Waals surface area contributed by atoms with E-state index in [4.69, 9.17) is 25.8 Å². The van der Waals surface area contributed by atoms with Gasteiger partial charge in [0.15, 0.2) is 0 Å². The highest BCUT2D eigenvalue weighted by Gasteiger charge is 2.39. The van der Waals surface area contributed by atoms with Crippen LogP contribution in [0.5, 0.6) is 11.5 Å². The zero-order valence-electron chi connectivity index (χ0n) is 22.9. The van der Waals surface area contributed by atoms with Crippen LogP contribution in [0.25, 0.3) is 22.0 Å². The number of likely N-dealkylation sites (tertiary alicyclic amines) is 1. The SMILES string of the molecule is COC(=O)[C@@H]1C[C@H](NC(=O)c2[nH]c3ccc(Cl)cc3c2-c2ccccc2)CN1Cc1ccc(OC)c(C)c1OC. The number of aromatic amines is 1. The van der Waals surface area contributed by atoms with Crippen molar-refractivity contribution < 1.29 is 23.8 Å². The molecule has 1 aliphatic rings. The first kappa shape index (κ1) is 27.6. The summed E-state index contributed by atoms with van der Waals surface area (Å²) in [5.41, 5.74) is 4.76. The first-order chi connectivity index (χ1) is 19.3. The molecular weight excluding hydrogens is 530 g/mol. The number of halogens is 1. The van der Waals surface area contributed by atoms with Crippen LogP contribution in [-0.2, 0) is 16.1 Å². The molecule has 5 rings (SSSR count). The monoisotopic (exact) mass is 561 g/mol. The zero-order valence-corrected chi connectivity index (χ0v) is 23.7. The lowest BCUT2D eigenvalue weighted by molar-refractivity contribution is -0.146. The van der Waals surface area contributed by atoms with Gasteiger partial charge in [-0.05, 0) is 43.2 Å². The number of fused-ring (bicyclic) bond motifs is 1. The lowest BCUT2D eigenvalue weighted by Gasteiger charge is -2.24. The number of carbonyl (C=O) groups excluding carboxylic acids is 2. The van der Waals surface area contributed by atoms with Crippen LogP contribution in [0.3, 0.4) is 0 Å². The summed E-state index contributed by atoms with van der Waals surface area (Å²) in [6, 6.07) is 18.3. The molecular formula is C31H32ClN3O5. The second kappa shape index (κ2) is 11.6. The minimum Gasteiger partial charge on any atom is -0.496 e. The quantitative estimate of drug-likeness (QED) is 0.281. The smallest absolute Gasteiger partial charge is 0.323 e. The van der Waals surface area contributed by atoms with Gasteiger partial charge in [0, 0.05) is 51.7 Å². The lowest BCUT2D eigenvalue weighted by Crippen LogP contribution is -2.38. The first-order valence-corrected chi connectivity index (χ1v) is 13.4. The minimum absolute atomic E-state index is 0.250. The van der Waals surface area contributed by atoms with Gasteiger partial charge < -0.3 is 24.5 Å². The molecule has 2 N–H and O–H groups in total. The average molecular weight is 562 g/mol. The number of ether oxygens (including phenoxy) is 3. The van der Waals surface area contributed by atoms with Crippen LogP contribution >= 0.6 is 11.6 Å². The number of benzene rings is 3. The molecule has 2 heterocycles. The first-order valence-electron chi connectivity index (χ1n) is 13.0. The van der Waals surface area contributed by atoms with Crippen LogP contribution in [0, 0.1) is 6.92 Å². The van der Waals surface area contributed by atoms with Crippen LogP contribution in [0.1, 0.15) is 28.0 Å². The Balaban J connectivity index is 1.43. The Bertz CT molecular complexity index is 1550.